The van der Waals surface area contributed by atoms with Crippen LogP contribution in [0.3, 0.4) is 0 Å². The number of amides is 1. The number of hydrogen-bond donors (Lipinski definition) is 4. The molecule has 1 amide bonds. The van der Waals surface area contributed by atoms with E-state index in [9.17, 15) is 15.0 Å². The Labute approximate surface area is 133 Å². The quantitative estimate of drug-likeness (QED) is 0.595. The van der Waals surface area contributed by atoms with Gasteiger partial charge in [0.25, 0.3) is 0 Å². The molecule has 1 fully saturated rings. The molecule has 0 aromatic carbocycles. The summed E-state index contributed by atoms with van der Waals surface area (Å²) < 4.78 is 5.25. The highest BCUT2D eigenvalue weighted by Crippen LogP contribution is 2.28. The van der Waals surface area contributed by atoms with E-state index >= 15 is 0 Å². The first-order valence-corrected chi connectivity index (χ1v) is 8.28. The van der Waals surface area contributed by atoms with Crippen LogP contribution < -0.4 is 11.1 Å². The Balaban J connectivity index is 2.66. The van der Waals surface area contributed by atoms with E-state index in [1.165, 1.54) is 19.3 Å². The molecule has 6 heteroatoms. The number of nitrogens with two attached hydrogens (primary N) is 1. The molecule has 1 aliphatic carbocycles. The smallest absolute Gasteiger partial charge is 0.407 e. The average Bonchev–Trinajstić information content (AvgIpc) is 2.44. The lowest BCUT2D eigenvalue weighted by Gasteiger charge is -2.32. The number of aliphatic hydroxyl groups is 2. The standard InChI is InChI=1S/C16H32N2O4/c1-16(2,3)22-15(21)18-12(14(20)13(19)10-17)9-11-7-5-4-6-8-11/h11-14,19-20H,4-10,17H2,1-3H3,(H,18,21)/t12-,13-,14+/m0/s1. The van der Waals surface area contributed by atoms with Crippen molar-refractivity contribution in [3.8, 4) is 0 Å². The van der Waals surface area contributed by atoms with Crippen LogP contribution in [0.15, 0.2) is 0 Å². The van der Waals surface area contributed by atoms with Crippen molar-refractivity contribution >= 4 is 6.09 Å². The SMILES string of the molecule is CC(C)(C)OC(=O)N[C@@H](CC1CCCCC1)[C@@H](O)[C@@H](O)CN. The van der Waals surface area contributed by atoms with Gasteiger partial charge >= 0.3 is 6.09 Å². The van der Waals surface area contributed by atoms with Crippen molar-refractivity contribution in [3.63, 3.8) is 0 Å². The van der Waals surface area contributed by atoms with Crippen LogP contribution in [0, 0.1) is 5.92 Å². The summed E-state index contributed by atoms with van der Waals surface area (Å²) in [5.74, 6) is 0.452. The van der Waals surface area contributed by atoms with Gasteiger partial charge in [0.2, 0.25) is 0 Å². The zero-order valence-corrected chi connectivity index (χ0v) is 14.0. The molecule has 0 unspecified atom stereocenters. The molecule has 130 valence electrons. The van der Waals surface area contributed by atoms with Gasteiger partial charge in [0, 0.05) is 6.54 Å². The van der Waals surface area contributed by atoms with Gasteiger partial charge in [-0.2, -0.15) is 0 Å². The predicted octanol–water partition coefficient (Wildman–Crippen LogP) is 1.53. The van der Waals surface area contributed by atoms with E-state index in [4.69, 9.17) is 10.5 Å². The van der Waals surface area contributed by atoms with Crippen LogP contribution in [-0.4, -0.2) is 46.7 Å². The predicted molar refractivity (Wildman–Crippen MR) is 85.4 cm³/mol. The van der Waals surface area contributed by atoms with Crippen molar-refractivity contribution in [2.24, 2.45) is 11.7 Å². The van der Waals surface area contributed by atoms with Crippen molar-refractivity contribution < 1.29 is 19.7 Å². The highest BCUT2D eigenvalue weighted by Gasteiger charge is 2.31. The number of carbonyl (C=O) groups is 1. The van der Waals surface area contributed by atoms with Crippen LogP contribution in [0.5, 0.6) is 0 Å². The molecule has 0 aromatic rings. The fourth-order valence-corrected chi connectivity index (χ4v) is 2.93. The molecule has 0 bridgehead atoms. The first-order valence-electron chi connectivity index (χ1n) is 8.28. The lowest BCUT2D eigenvalue weighted by Crippen LogP contribution is -2.52. The second kappa shape index (κ2) is 8.70. The number of hydrogen-bond acceptors (Lipinski definition) is 5. The van der Waals surface area contributed by atoms with Crippen molar-refractivity contribution in [2.45, 2.75) is 83.1 Å². The minimum Gasteiger partial charge on any atom is -0.444 e. The first kappa shape index (κ1) is 19.2. The van der Waals surface area contributed by atoms with Gasteiger partial charge in [-0.15, -0.1) is 0 Å². The monoisotopic (exact) mass is 316 g/mol. The van der Waals surface area contributed by atoms with Crippen LogP contribution in [0.2, 0.25) is 0 Å². The third kappa shape index (κ3) is 6.94. The molecule has 0 spiro atoms. The fourth-order valence-electron chi connectivity index (χ4n) is 2.93. The maximum absolute atomic E-state index is 12.0. The molecule has 1 saturated carbocycles. The Hall–Kier alpha value is -0.850. The summed E-state index contributed by atoms with van der Waals surface area (Å²) in [4.78, 5) is 12.0. The zero-order chi connectivity index (χ0) is 16.8. The molecule has 22 heavy (non-hydrogen) atoms. The fraction of sp³-hybridized carbons (Fsp3) is 0.938. The molecule has 0 heterocycles. The number of ether oxygens (including phenoxy) is 1. The maximum atomic E-state index is 12.0. The van der Waals surface area contributed by atoms with Gasteiger partial charge in [-0.05, 0) is 33.1 Å². The molecular weight excluding hydrogens is 284 g/mol. The van der Waals surface area contributed by atoms with E-state index in [0.717, 1.165) is 12.8 Å². The van der Waals surface area contributed by atoms with E-state index in [0.29, 0.717) is 12.3 Å². The molecule has 0 aromatic heterocycles. The third-order valence-electron chi connectivity index (χ3n) is 4.06. The van der Waals surface area contributed by atoms with E-state index < -0.39 is 29.9 Å². The molecule has 1 aliphatic rings. The maximum Gasteiger partial charge on any atom is 0.407 e. The average molecular weight is 316 g/mol. The van der Waals surface area contributed by atoms with Gasteiger partial charge in [-0.1, -0.05) is 32.1 Å². The van der Waals surface area contributed by atoms with Gasteiger partial charge in [-0.25, -0.2) is 4.79 Å². The Morgan fingerprint density at radius 1 is 1.27 bits per heavy atom. The van der Waals surface area contributed by atoms with Crippen molar-refractivity contribution in [1.82, 2.24) is 5.32 Å². The van der Waals surface area contributed by atoms with Crippen LogP contribution in [-0.2, 0) is 4.74 Å². The normalized spacial score (nSPS) is 21.0. The second-order valence-corrected chi connectivity index (χ2v) is 7.29. The van der Waals surface area contributed by atoms with Crippen molar-refractivity contribution in [1.29, 1.82) is 0 Å². The van der Waals surface area contributed by atoms with Crippen molar-refractivity contribution in [3.05, 3.63) is 0 Å². The van der Waals surface area contributed by atoms with Crippen LogP contribution in [0.4, 0.5) is 4.79 Å². The number of aliphatic hydroxyl groups excluding tert-OH is 2. The second-order valence-electron chi connectivity index (χ2n) is 7.29. The lowest BCUT2D eigenvalue weighted by molar-refractivity contribution is -0.0107. The number of alkyl carbamates (subject to hydrolysis) is 1. The topological polar surface area (TPSA) is 105 Å². The first-order chi connectivity index (χ1) is 10.2. The lowest BCUT2D eigenvalue weighted by atomic mass is 9.83. The zero-order valence-electron chi connectivity index (χ0n) is 14.0. The van der Waals surface area contributed by atoms with Gasteiger partial charge in [0.05, 0.1) is 12.1 Å². The number of nitrogens with one attached hydrogen (secondary N) is 1. The van der Waals surface area contributed by atoms with Crippen molar-refractivity contribution in [2.75, 3.05) is 6.54 Å². The van der Waals surface area contributed by atoms with Gasteiger partial charge in [-0.3, -0.25) is 0 Å². The van der Waals surface area contributed by atoms with Gasteiger partial charge in [0.1, 0.15) is 11.7 Å². The summed E-state index contributed by atoms with van der Waals surface area (Å²) >= 11 is 0. The van der Waals surface area contributed by atoms with Crippen LogP contribution >= 0.6 is 0 Å². The molecule has 0 saturated heterocycles. The summed E-state index contributed by atoms with van der Waals surface area (Å²) in [6, 6.07) is -0.545. The summed E-state index contributed by atoms with van der Waals surface area (Å²) in [5.41, 5.74) is 4.82. The number of carbonyl (C=O) groups excluding carboxylic acids is 1. The highest BCUT2D eigenvalue weighted by molar-refractivity contribution is 5.68. The summed E-state index contributed by atoms with van der Waals surface area (Å²) in [5, 5.41) is 22.8. The van der Waals surface area contributed by atoms with Gasteiger partial charge in [0.15, 0.2) is 0 Å². The van der Waals surface area contributed by atoms with Crippen LogP contribution in [0.25, 0.3) is 0 Å². The largest absolute Gasteiger partial charge is 0.444 e. The molecule has 0 aliphatic heterocycles. The minimum atomic E-state index is -1.08. The molecule has 6 nitrogen and oxygen atoms in total. The van der Waals surface area contributed by atoms with Crippen LogP contribution in [0.1, 0.15) is 59.3 Å². The summed E-state index contributed by atoms with van der Waals surface area (Å²) in [7, 11) is 0. The Morgan fingerprint density at radius 3 is 2.36 bits per heavy atom. The molecule has 0 radical (unpaired) electrons. The summed E-state index contributed by atoms with van der Waals surface area (Å²) in [6.45, 7) is 5.31. The number of rotatable bonds is 6. The van der Waals surface area contributed by atoms with E-state index in [2.05, 4.69) is 5.32 Å². The molecule has 1 rings (SSSR count). The minimum absolute atomic E-state index is 0.0433. The molecule has 5 N–H and O–H groups in total. The highest BCUT2D eigenvalue weighted by atomic mass is 16.6. The Kier molecular flexibility index (Phi) is 7.59. The summed E-state index contributed by atoms with van der Waals surface area (Å²) in [6.07, 6.45) is 3.72. The Bertz CT molecular complexity index is 338. The van der Waals surface area contributed by atoms with E-state index in [1.54, 1.807) is 20.8 Å². The third-order valence-corrected chi connectivity index (χ3v) is 4.06. The Morgan fingerprint density at radius 2 is 1.86 bits per heavy atom. The molecular formula is C16H32N2O4. The van der Waals surface area contributed by atoms with E-state index in [1.807, 2.05) is 0 Å². The van der Waals surface area contributed by atoms with Gasteiger partial charge < -0.3 is 26.0 Å². The molecule has 3 atom stereocenters. The van der Waals surface area contributed by atoms with E-state index in [-0.39, 0.29) is 6.54 Å².